The van der Waals surface area contributed by atoms with E-state index in [9.17, 15) is 23.7 Å². The highest BCUT2D eigenvalue weighted by Gasteiger charge is 2.33. The molecule has 4 rings (SSSR count). The summed E-state index contributed by atoms with van der Waals surface area (Å²) < 4.78 is 27.5. The van der Waals surface area contributed by atoms with Gasteiger partial charge < -0.3 is 10.6 Å². The fourth-order valence-electron chi connectivity index (χ4n) is 3.89. The van der Waals surface area contributed by atoms with Gasteiger partial charge in [0, 0.05) is 30.1 Å². The second-order valence-corrected chi connectivity index (χ2v) is 7.47. The fraction of sp³-hybridized carbons (Fsp3) is 0.227. The van der Waals surface area contributed by atoms with E-state index in [1.807, 2.05) is 0 Å². The van der Waals surface area contributed by atoms with Crippen molar-refractivity contribution in [3.05, 3.63) is 75.8 Å². The van der Waals surface area contributed by atoms with Gasteiger partial charge in [0.25, 0.3) is 0 Å². The first-order valence-electron chi connectivity index (χ1n) is 9.96. The fourth-order valence-corrected chi connectivity index (χ4v) is 3.89. The standard InChI is InChI=1S/C22H19F2N5O3/c23-15-7-5-13(6-8-15)20(30)14-9-11-28(12-10-14)21-19(29(31)32)18(26-22(25)27-21)16-3-1-2-4-17(16)24/h1-8,14H,9-12H2,(H2,25,26,27). The average Bonchev–Trinajstić information content (AvgIpc) is 2.79. The van der Waals surface area contributed by atoms with E-state index in [-0.39, 0.29) is 34.7 Å². The van der Waals surface area contributed by atoms with Gasteiger partial charge in [-0.25, -0.2) is 13.8 Å². The van der Waals surface area contributed by atoms with Gasteiger partial charge in [0.2, 0.25) is 11.8 Å². The topological polar surface area (TPSA) is 115 Å². The van der Waals surface area contributed by atoms with Crippen molar-refractivity contribution in [2.24, 2.45) is 5.92 Å². The Balaban J connectivity index is 1.62. The van der Waals surface area contributed by atoms with Gasteiger partial charge in [-0.2, -0.15) is 4.98 Å². The molecular formula is C22H19F2N5O3. The van der Waals surface area contributed by atoms with Crippen molar-refractivity contribution in [1.29, 1.82) is 0 Å². The zero-order valence-corrected chi connectivity index (χ0v) is 16.9. The Morgan fingerprint density at radius 1 is 1.06 bits per heavy atom. The van der Waals surface area contributed by atoms with Crippen molar-refractivity contribution in [3.63, 3.8) is 0 Å². The summed E-state index contributed by atoms with van der Waals surface area (Å²) in [6.45, 7) is 0.622. The lowest BCUT2D eigenvalue weighted by molar-refractivity contribution is -0.383. The number of hydrogen-bond donors (Lipinski definition) is 1. The van der Waals surface area contributed by atoms with E-state index in [1.165, 1.54) is 42.5 Å². The van der Waals surface area contributed by atoms with Gasteiger partial charge in [-0.15, -0.1) is 0 Å². The number of anilines is 2. The quantitative estimate of drug-likeness (QED) is 0.363. The van der Waals surface area contributed by atoms with E-state index in [0.29, 0.717) is 31.5 Å². The molecule has 32 heavy (non-hydrogen) atoms. The second kappa shape index (κ2) is 8.66. The molecule has 1 aromatic heterocycles. The Morgan fingerprint density at radius 2 is 1.72 bits per heavy atom. The van der Waals surface area contributed by atoms with Crippen LogP contribution in [0.4, 0.5) is 26.2 Å². The maximum absolute atomic E-state index is 14.4. The maximum atomic E-state index is 14.4. The molecule has 3 aromatic rings. The molecule has 8 nitrogen and oxygen atoms in total. The Morgan fingerprint density at radius 3 is 2.34 bits per heavy atom. The van der Waals surface area contributed by atoms with Crippen LogP contribution < -0.4 is 10.6 Å². The zero-order valence-electron chi connectivity index (χ0n) is 16.9. The van der Waals surface area contributed by atoms with Gasteiger partial charge in [-0.3, -0.25) is 14.9 Å². The molecule has 2 N–H and O–H groups in total. The summed E-state index contributed by atoms with van der Waals surface area (Å²) in [7, 11) is 0. The minimum Gasteiger partial charge on any atom is -0.368 e. The van der Waals surface area contributed by atoms with Gasteiger partial charge in [-0.1, -0.05) is 12.1 Å². The number of benzene rings is 2. The number of hydrogen-bond acceptors (Lipinski definition) is 7. The van der Waals surface area contributed by atoms with Crippen LogP contribution in [-0.4, -0.2) is 33.8 Å². The molecule has 0 spiro atoms. The molecule has 0 atom stereocenters. The van der Waals surface area contributed by atoms with Crippen molar-refractivity contribution in [1.82, 2.24) is 9.97 Å². The molecule has 10 heteroatoms. The van der Waals surface area contributed by atoms with E-state index in [0.717, 1.165) is 0 Å². The lowest BCUT2D eigenvalue weighted by atomic mass is 9.89. The molecule has 0 radical (unpaired) electrons. The molecular weight excluding hydrogens is 420 g/mol. The number of aromatic nitrogens is 2. The smallest absolute Gasteiger partial charge is 0.337 e. The minimum atomic E-state index is -0.664. The number of nitrogens with zero attached hydrogens (tertiary/aromatic N) is 4. The molecule has 0 unspecified atom stereocenters. The van der Waals surface area contributed by atoms with Gasteiger partial charge in [-0.05, 0) is 49.2 Å². The summed E-state index contributed by atoms with van der Waals surface area (Å²) in [4.78, 5) is 33.7. The third kappa shape index (κ3) is 4.11. The first kappa shape index (κ1) is 21.3. The van der Waals surface area contributed by atoms with E-state index in [2.05, 4.69) is 9.97 Å². The summed E-state index contributed by atoms with van der Waals surface area (Å²) in [6, 6.07) is 11.0. The second-order valence-electron chi connectivity index (χ2n) is 7.47. The van der Waals surface area contributed by atoms with E-state index in [4.69, 9.17) is 5.73 Å². The van der Waals surface area contributed by atoms with Crippen LogP contribution in [0.3, 0.4) is 0 Å². The molecule has 1 fully saturated rings. The third-order valence-corrected chi connectivity index (χ3v) is 5.49. The van der Waals surface area contributed by atoms with Crippen LogP contribution >= 0.6 is 0 Å². The first-order chi connectivity index (χ1) is 15.3. The van der Waals surface area contributed by atoms with Crippen molar-refractivity contribution in [2.75, 3.05) is 23.7 Å². The maximum Gasteiger partial charge on any atom is 0.337 e. The summed E-state index contributed by atoms with van der Waals surface area (Å²) in [5.74, 6) is -1.71. The molecule has 1 aliphatic rings. The molecule has 2 aromatic carbocycles. The molecule has 164 valence electrons. The Kier molecular flexibility index (Phi) is 5.76. The van der Waals surface area contributed by atoms with E-state index < -0.39 is 22.2 Å². The molecule has 0 saturated carbocycles. The van der Waals surface area contributed by atoms with E-state index in [1.54, 1.807) is 11.0 Å². The number of nitro groups is 1. The predicted molar refractivity (Wildman–Crippen MR) is 114 cm³/mol. The SMILES string of the molecule is Nc1nc(-c2ccccc2F)c([N+](=O)[O-])c(N2CCC(C(=O)c3ccc(F)cc3)CC2)n1. The number of piperidine rings is 1. The van der Waals surface area contributed by atoms with Crippen LogP contribution in [0.5, 0.6) is 0 Å². The molecule has 0 amide bonds. The zero-order chi connectivity index (χ0) is 22.8. The average molecular weight is 439 g/mol. The summed E-state index contributed by atoms with van der Waals surface area (Å²) in [6.07, 6.45) is 0.846. The van der Waals surface area contributed by atoms with Gasteiger partial charge in [0.05, 0.1) is 4.92 Å². The van der Waals surface area contributed by atoms with Gasteiger partial charge in [0.15, 0.2) is 11.5 Å². The number of nitrogens with two attached hydrogens (primary N) is 1. The highest BCUT2D eigenvalue weighted by atomic mass is 19.1. The van der Waals surface area contributed by atoms with Crippen LogP contribution in [-0.2, 0) is 0 Å². The van der Waals surface area contributed by atoms with E-state index >= 15 is 0 Å². The van der Waals surface area contributed by atoms with Crippen LogP contribution in [0, 0.1) is 27.7 Å². The van der Waals surface area contributed by atoms with Gasteiger partial charge >= 0.3 is 5.69 Å². The van der Waals surface area contributed by atoms with Crippen molar-refractivity contribution < 1.29 is 18.5 Å². The number of carbonyl (C=O) groups is 1. The Labute approximate surface area is 181 Å². The first-order valence-corrected chi connectivity index (χ1v) is 9.96. The molecule has 1 aliphatic heterocycles. The number of halogens is 2. The Bertz CT molecular complexity index is 1180. The molecule has 0 bridgehead atoms. The number of carbonyl (C=O) groups excluding carboxylic acids is 1. The highest BCUT2D eigenvalue weighted by molar-refractivity contribution is 5.98. The number of Topliss-reactive ketones (excluding diaryl/α,β-unsaturated/α-hetero) is 1. The predicted octanol–water partition coefficient (Wildman–Crippen LogP) is 4.01. The van der Waals surface area contributed by atoms with Crippen LogP contribution in [0.25, 0.3) is 11.3 Å². The van der Waals surface area contributed by atoms with Crippen LogP contribution in [0.2, 0.25) is 0 Å². The molecule has 2 heterocycles. The number of ketones is 1. The van der Waals surface area contributed by atoms with Crippen molar-refractivity contribution in [2.45, 2.75) is 12.8 Å². The molecule has 0 aliphatic carbocycles. The lowest BCUT2D eigenvalue weighted by Gasteiger charge is -2.32. The highest BCUT2D eigenvalue weighted by Crippen LogP contribution is 2.38. The lowest BCUT2D eigenvalue weighted by Crippen LogP contribution is -2.37. The Hall–Kier alpha value is -3.95. The normalized spacial score (nSPS) is 14.4. The minimum absolute atomic E-state index is 0.00608. The van der Waals surface area contributed by atoms with Crippen LogP contribution in [0.1, 0.15) is 23.2 Å². The number of nitrogen functional groups attached to an aromatic ring is 1. The van der Waals surface area contributed by atoms with Crippen molar-refractivity contribution >= 4 is 23.2 Å². The van der Waals surface area contributed by atoms with Crippen molar-refractivity contribution in [3.8, 4) is 11.3 Å². The third-order valence-electron chi connectivity index (χ3n) is 5.49. The van der Waals surface area contributed by atoms with Gasteiger partial charge in [0.1, 0.15) is 11.6 Å². The number of rotatable bonds is 5. The summed E-state index contributed by atoms with van der Waals surface area (Å²) in [5.41, 5.74) is 5.55. The molecule has 1 saturated heterocycles. The summed E-state index contributed by atoms with van der Waals surface area (Å²) in [5, 5.41) is 11.9. The largest absolute Gasteiger partial charge is 0.368 e. The monoisotopic (exact) mass is 439 g/mol. The van der Waals surface area contributed by atoms with Crippen LogP contribution in [0.15, 0.2) is 48.5 Å². The summed E-state index contributed by atoms with van der Waals surface area (Å²) >= 11 is 0.